The average Bonchev–Trinajstić information content (AvgIpc) is 2.55. The van der Waals surface area contributed by atoms with Gasteiger partial charge in [0.1, 0.15) is 0 Å². The minimum Gasteiger partial charge on any atom is -0.356 e. The van der Waals surface area contributed by atoms with Gasteiger partial charge in [0.2, 0.25) is 11.8 Å². The summed E-state index contributed by atoms with van der Waals surface area (Å²) in [4.78, 5) is 26.4. The second kappa shape index (κ2) is 9.41. The average molecular weight is 386 g/mol. The molecule has 2 amide bonds. The molecular weight excluding hydrogens is 361 g/mol. The van der Waals surface area contributed by atoms with E-state index in [1.54, 1.807) is 12.1 Å². The lowest BCUT2D eigenvalue weighted by atomic mass is 9.97. The van der Waals surface area contributed by atoms with Gasteiger partial charge in [0.15, 0.2) is 0 Å². The highest BCUT2D eigenvalue weighted by Crippen LogP contribution is 2.26. The van der Waals surface area contributed by atoms with E-state index < -0.39 is 0 Å². The van der Waals surface area contributed by atoms with E-state index >= 15 is 0 Å². The van der Waals surface area contributed by atoms with Crippen LogP contribution < -0.4 is 10.6 Å². The molecule has 138 valence electrons. The molecule has 7 heteroatoms. The number of hydrogen-bond acceptors (Lipinski definition) is 3. The first-order chi connectivity index (χ1) is 11.9. The molecule has 0 bridgehead atoms. The number of nitrogens with zero attached hydrogens (tertiary/aromatic N) is 1. The summed E-state index contributed by atoms with van der Waals surface area (Å²) in [6.45, 7) is 6.17. The third-order valence-corrected chi connectivity index (χ3v) is 4.96. The number of carbonyl (C=O) groups excluding carboxylic acids is 2. The van der Waals surface area contributed by atoms with Crippen LogP contribution in [0.15, 0.2) is 18.2 Å². The predicted octanol–water partition coefficient (Wildman–Crippen LogP) is 3.02. The Bertz CT molecular complexity index is 624. The smallest absolute Gasteiger partial charge is 0.234 e. The molecule has 2 atom stereocenters. The summed E-state index contributed by atoms with van der Waals surface area (Å²) >= 11 is 12.1. The summed E-state index contributed by atoms with van der Waals surface area (Å²) in [5.41, 5.74) is 0.832. The molecular formula is C18H25Cl2N3O2. The zero-order valence-corrected chi connectivity index (χ0v) is 16.2. The number of likely N-dealkylation sites (tertiary alicyclic amines) is 1. The maximum atomic E-state index is 12.4. The molecule has 1 aliphatic rings. The molecule has 1 aliphatic heterocycles. The Morgan fingerprint density at radius 1 is 1.36 bits per heavy atom. The first kappa shape index (κ1) is 20.0. The SMILES string of the molecule is CCNC(=O)C1CCCN(CC(=O)NC(C)c2ccc(Cl)cc2Cl)C1. The molecule has 0 saturated carbocycles. The van der Waals surface area contributed by atoms with Crippen molar-refractivity contribution in [3.8, 4) is 0 Å². The highest BCUT2D eigenvalue weighted by atomic mass is 35.5. The number of hydrogen-bond donors (Lipinski definition) is 2. The van der Waals surface area contributed by atoms with Gasteiger partial charge in [-0.1, -0.05) is 29.3 Å². The maximum absolute atomic E-state index is 12.4. The maximum Gasteiger partial charge on any atom is 0.234 e. The first-order valence-corrected chi connectivity index (χ1v) is 9.40. The first-order valence-electron chi connectivity index (χ1n) is 8.65. The largest absolute Gasteiger partial charge is 0.356 e. The molecule has 0 aromatic heterocycles. The van der Waals surface area contributed by atoms with Gasteiger partial charge in [0, 0.05) is 23.1 Å². The van der Waals surface area contributed by atoms with E-state index in [1.165, 1.54) is 0 Å². The van der Waals surface area contributed by atoms with Crippen molar-refractivity contribution >= 4 is 35.0 Å². The Morgan fingerprint density at radius 2 is 2.12 bits per heavy atom. The Hall–Kier alpha value is -1.30. The normalized spacial score (nSPS) is 19.3. The molecule has 0 spiro atoms. The number of rotatable bonds is 6. The highest BCUT2D eigenvalue weighted by molar-refractivity contribution is 6.35. The van der Waals surface area contributed by atoms with Crippen LogP contribution in [0.1, 0.15) is 38.3 Å². The number of amides is 2. The standard InChI is InChI=1S/C18H25Cl2N3O2/c1-3-21-18(25)13-5-4-8-23(10-13)11-17(24)22-12(2)15-7-6-14(19)9-16(15)20/h6-7,9,12-13H,3-5,8,10-11H2,1-2H3,(H,21,25)(H,22,24). The molecule has 1 aromatic rings. The van der Waals surface area contributed by atoms with Crippen LogP contribution in [0, 0.1) is 5.92 Å². The number of benzene rings is 1. The Balaban J connectivity index is 1.87. The van der Waals surface area contributed by atoms with Gasteiger partial charge < -0.3 is 10.6 Å². The molecule has 0 aliphatic carbocycles. The van der Waals surface area contributed by atoms with Crippen molar-refractivity contribution < 1.29 is 9.59 Å². The fourth-order valence-electron chi connectivity index (χ4n) is 3.15. The van der Waals surface area contributed by atoms with Gasteiger partial charge in [-0.15, -0.1) is 0 Å². The van der Waals surface area contributed by atoms with Crippen LogP contribution in [0.5, 0.6) is 0 Å². The van der Waals surface area contributed by atoms with Gasteiger partial charge in [-0.3, -0.25) is 14.5 Å². The molecule has 2 unspecified atom stereocenters. The van der Waals surface area contributed by atoms with Crippen molar-refractivity contribution in [2.75, 3.05) is 26.2 Å². The summed E-state index contributed by atoms with van der Waals surface area (Å²) in [5.74, 6) is -0.0337. The summed E-state index contributed by atoms with van der Waals surface area (Å²) < 4.78 is 0. The zero-order valence-electron chi connectivity index (χ0n) is 14.6. The van der Waals surface area contributed by atoms with Gasteiger partial charge in [0.25, 0.3) is 0 Å². The summed E-state index contributed by atoms with van der Waals surface area (Å²) in [6, 6.07) is 5.04. The van der Waals surface area contributed by atoms with Crippen LogP contribution >= 0.6 is 23.2 Å². The second-order valence-electron chi connectivity index (χ2n) is 6.42. The van der Waals surface area contributed by atoms with Crippen LogP contribution in [0.3, 0.4) is 0 Å². The summed E-state index contributed by atoms with van der Waals surface area (Å²) in [7, 11) is 0. The molecule has 1 saturated heterocycles. The van der Waals surface area contributed by atoms with Crippen LogP contribution in [-0.2, 0) is 9.59 Å². The fourth-order valence-corrected chi connectivity index (χ4v) is 3.72. The minimum absolute atomic E-state index is 0.0374. The number of carbonyl (C=O) groups is 2. The van der Waals surface area contributed by atoms with E-state index in [4.69, 9.17) is 23.2 Å². The fraction of sp³-hybridized carbons (Fsp3) is 0.556. The van der Waals surface area contributed by atoms with Crippen molar-refractivity contribution in [1.29, 1.82) is 0 Å². The van der Waals surface area contributed by atoms with E-state index in [9.17, 15) is 9.59 Å². The second-order valence-corrected chi connectivity index (χ2v) is 7.27. The van der Waals surface area contributed by atoms with Crippen molar-refractivity contribution in [2.45, 2.75) is 32.7 Å². The van der Waals surface area contributed by atoms with Crippen LogP contribution in [0.2, 0.25) is 10.0 Å². The molecule has 5 nitrogen and oxygen atoms in total. The summed E-state index contributed by atoms with van der Waals surface area (Å²) in [5, 5.41) is 6.93. The molecule has 2 N–H and O–H groups in total. The lowest BCUT2D eigenvalue weighted by molar-refractivity contribution is -0.129. The number of halogens is 2. The van der Waals surface area contributed by atoms with Crippen LogP contribution in [0.25, 0.3) is 0 Å². The van der Waals surface area contributed by atoms with Gasteiger partial charge >= 0.3 is 0 Å². The van der Waals surface area contributed by atoms with E-state index in [1.807, 2.05) is 24.8 Å². The lowest BCUT2D eigenvalue weighted by Gasteiger charge is -2.31. The van der Waals surface area contributed by atoms with Crippen molar-refractivity contribution in [1.82, 2.24) is 15.5 Å². The lowest BCUT2D eigenvalue weighted by Crippen LogP contribution is -2.46. The van der Waals surface area contributed by atoms with Crippen molar-refractivity contribution in [3.63, 3.8) is 0 Å². The molecule has 1 fully saturated rings. The molecule has 0 radical (unpaired) electrons. The summed E-state index contributed by atoms with van der Waals surface area (Å²) in [6.07, 6.45) is 1.80. The third kappa shape index (κ3) is 5.87. The van der Waals surface area contributed by atoms with E-state index in [-0.39, 0.29) is 30.3 Å². The monoisotopic (exact) mass is 385 g/mol. The van der Waals surface area contributed by atoms with Crippen molar-refractivity contribution in [3.05, 3.63) is 33.8 Å². The highest BCUT2D eigenvalue weighted by Gasteiger charge is 2.26. The molecule has 1 heterocycles. The zero-order chi connectivity index (χ0) is 18.4. The molecule has 1 aromatic carbocycles. The quantitative estimate of drug-likeness (QED) is 0.790. The Kier molecular flexibility index (Phi) is 7.54. The predicted molar refractivity (Wildman–Crippen MR) is 101 cm³/mol. The minimum atomic E-state index is -0.207. The van der Waals surface area contributed by atoms with Crippen molar-refractivity contribution in [2.24, 2.45) is 5.92 Å². The van der Waals surface area contributed by atoms with E-state index in [0.29, 0.717) is 23.1 Å². The van der Waals surface area contributed by atoms with Gasteiger partial charge in [-0.2, -0.15) is 0 Å². The number of piperidine rings is 1. The third-order valence-electron chi connectivity index (χ3n) is 4.40. The Labute approximate surface area is 159 Å². The van der Waals surface area contributed by atoms with Gasteiger partial charge in [-0.25, -0.2) is 0 Å². The molecule has 2 rings (SSSR count). The van der Waals surface area contributed by atoms with Crippen LogP contribution in [-0.4, -0.2) is 42.9 Å². The van der Waals surface area contributed by atoms with E-state index in [2.05, 4.69) is 10.6 Å². The van der Waals surface area contributed by atoms with Crippen LogP contribution in [0.4, 0.5) is 0 Å². The topological polar surface area (TPSA) is 61.4 Å². The number of nitrogens with one attached hydrogen (secondary N) is 2. The van der Waals surface area contributed by atoms with Gasteiger partial charge in [-0.05, 0) is 50.9 Å². The van der Waals surface area contributed by atoms with Gasteiger partial charge in [0.05, 0.1) is 18.5 Å². The molecule has 25 heavy (non-hydrogen) atoms. The Morgan fingerprint density at radius 3 is 2.80 bits per heavy atom. The van der Waals surface area contributed by atoms with E-state index in [0.717, 1.165) is 24.9 Å².